The first-order valence-electron chi connectivity index (χ1n) is 15.4. The van der Waals surface area contributed by atoms with Crippen LogP contribution < -0.4 is 0 Å². The predicted octanol–water partition coefficient (Wildman–Crippen LogP) is 10.3. The first-order valence-corrected chi connectivity index (χ1v) is 14.4. The second-order valence-electron chi connectivity index (χ2n) is 10.7. The highest BCUT2D eigenvalue weighted by atomic mass is 16.3. The van der Waals surface area contributed by atoms with Crippen LogP contribution in [-0.4, -0.2) is 15.0 Å². The van der Waals surface area contributed by atoms with Gasteiger partial charge >= 0.3 is 0 Å². The van der Waals surface area contributed by atoms with Crippen LogP contribution in [0.3, 0.4) is 0 Å². The molecule has 3 aromatic heterocycles. The average molecular weight is 568 g/mol. The largest absolute Gasteiger partial charge is 0.456 e. The van der Waals surface area contributed by atoms with Crippen molar-refractivity contribution in [3.8, 4) is 45.3 Å². The van der Waals surface area contributed by atoms with E-state index < -0.39 is 0 Å². The minimum Gasteiger partial charge on any atom is -0.456 e. The summed E-state index contributed by atoms with van der Waals surface area (Å²) in [6, 6.07) is 41.6. The van der Waals surface area contributed by atoms with Gasteiger partial charge in [0.05, 0.1) is 2.74 Å². The van der Waals surface area contributed by atoms with Gasteiger partial charge in [-0.25, -0.2) is 15.0 Å². The van der Waals surface area contributed by atoms with Gasteiger partial charge in [0, 0.05) is 38.2 Å². The second-order valence-corrected chi connectivity index (χ2v) is 10.7. The molecule has 5 heteroatoms. The van der Waals surface area contributed by atoms with Gasteiger partial charge in [0.25, 0.3) is 0 Å². The van der Waals surface area contributed by atoms with Crippen LogP contribution in [0.25, 0.3) is 89.2 Å². The molecule has 0 amide bonds. The summed E-state index contributed by atoms with van der Waals surface area (Å²) in [4.78, 5) is 15.0. The van der Waals surface area contributed by atoms with E-state index >= 15 is 0 Å². The lowest BCUT2D eigenvalue weighted by Gasteiger charge is -2.13. The number of benzene rings is 6. The van der Waals surface area contributed by atoms with Crippen molar-refractivity contribution in [1.82, 2.24) is 15.0 Å². The molecule has 206 valence electrons. The molecule has 9 rings (SSSR count). The van der Waals surface area contributed by atoms with Crippen molar-refractivity contribution in [2.75, 3.05) is 0 Å². The van der Waals surface area contributed by atoms with Crippen molar-refractivity contribution in [3.05, 3.63) is 139 Å². The van der Waals surface area contributed by atoms with Crippen molar-refractivity contribution in [2.24, 2.45) is 0 Å². The molecule has 0 aliphatic carbocycles. The molecular formula is C39H23N3O2. The molecule has 3 heterocycles. The number of hydrogen-bond acceptors (Lipinski definition) is 5. The summed E-state index contributed by atoms with van der Waals surface area (Å²) < 4.78 is 28.7. The van der Waals surface area contributed by atoms with Gasteiger partial charge in [-0.15, -0.1) is 0 Å². The fourth-order valence-corrected chi connectivity index (χ4v) is 5.99. The number of para-hydroxylation sites is 2. The van der Waals surface area contributed by atoms with Gasteiger partial charge in [0.15, 0.2) is 17.5 Å². The van der Waals surface area contributed by atoms with E-state index in [-0.39, 0.29) is 0 Å². The Morgan fingerprint density at radius 2 is 1.02 bits per heavy atom. The highest BCUT2D eigenvalue weighted by Gasteiger charge is 2.19. The molecule has 0 unspecified atom stereocenters. The maximum atomic E-state index is 8.26. The minimum atomic E-state index is 0.425. The fraction of sp³-hybridized carbons (Fsp3) is 0. The molecule has 0 fully saturated rings. The van der Waals surface area contributed by atoms with Crippen LogP contribution in [0.4, 0.5) is 0 Å². The van der Waals surface area contributed by atoms with Crippen LogP contribution in [-0.2, 0) is 0 Å². The maximum Gasteiger partial charge on any atom is 0.164 e. The van der Waals surface area contributed by atoms with E-state index in [0.29, 0.717) is 35.1 Å². The smallest absolute Gasteiger partial charge is 0.164 e. The molecule has 6 aromatic carbocycles. The van der Waals surface area contributed by atoms with Crippen molar-refractivity contribution < 1.29 is 11.6 Å². The molecule has 0 bridgehead atoms. The molecule has 0 atom stereocenters. The maximum absolute atomic E-state index is 8.26. The Bertz CT molecular complexity index is 2630. The third-order valence-electron chi connectivity index (χ3n) is 8.04. The van der Waals surface area contributed by atoms with E-state index in [2.05, 4.69) is 12.1 Å². The second kappa shape index (κ2) is 9.75. The van der Waals surface area contributed by atoms with Crippen molar-refractivity contribution in [2.45, 2.75) is 0 Å². The Labute approximate surface area is 254 Å². The van der Waals surface area contributed by atoms with Crippen LogP contribution in [0.5, 0.6) is 0 Å². The SMILES string of the molecule is [2H]c1ccc2oc3cc(-c4nc(-c5ccccc5)nc(-c5ccccc5-c5cccc6oc7ccc([2H])cc7c56)n4)ccc3c2c1. The van der Waals surface area contributed by atoms with Crippen LogP contribution in [0.15, 0.2) is 148 Å². The number of aromatic nitrogens is 3. The molecule has 0 radical (unpaired) electrons. The number of rotatable bonds is 4. The standard InChI is InChI=1S/C39H23N3O2/c1-2-11-24(12-3-1)37-40-38(25-21-22-28-27-14-6-8-18-32(27)44-35(28)23-25)42-39(41-37)30-15-5-4-13-26(30)29-17-10-20-34-36(29)31-16-7-9-19-33(31)43-34/h1-23H/i6D,7D. The third-order valence-corrected chi connectivity index (χ3v) is 8.04. The van der Waals surface area contributed by atoms with E-state index in [4.69, 9.17) is 26.5 Å². The normalized spacial score (nSPS) is 12.3. The number of hydrogen-bond donors (Lipinski definition) is 0. The first-order chi connectivity index (χ1) is 22.6. The zero-order valence-corrected chi connectivity index (χ0v) is 23.3. The number of fused-ring (bicyclic) bond motifs is 6. The topological polar surface area (TPSA) is 65.0 Å². The summed E-state index contributed by atoms with van der Waals surface area (Å²) in [5, 5.41) is 3.68. The summed E-state index contributed by atoms with van der Waals surface area (Å²) in [5.41, 5.74) is 7.37. The van der Waals surface area contributed by atoms with E-state index in [1.165, 1.54) is 0 Å². The lowest BCUT2D eigenvalue weighted by Crippen LogP contribution is -2.01. The molecule has 0 spiro atoms. The Kier molecular flexibility index (Phi) is 4.99. The summed E-state index contributed by atoms with van der Waals surface area (Å²) in [5.74, 6) is 1.62. The quantitative estimate of drug-likeness (QED) is 0.212. The Morgan fingerprint density at radius 3 is 1.86 bits per heavy atom. The fourth-order valence-electron chi connectivity index (χ4n) is 5.99. The Hall–Kier alpha value is -6.07. The van der Waals surface area contributed by atoms with Crippen LogP contribution in [0.2, 0.25) is 0 Å². The lowest BCUT2D eigenvalue weighted by molar-refractivity contribution is 0.668. The molecule has 44 heavy (non-hydrogen) atoms. The Balaban J connectivity index is 1.27. The van der Waals surface area contributed by atoms with Gasteiger partial charge in [0.2, 0.25) is 0 Å². The summed E-state index contributed by atoms with van der Waals surface area (Å²) >= 11 is 0. The van der Waals surface area contributed by atoms with Crippen LogP contribution >= 0.6 is 0 Å². The summed E-state index contributed by atoms with van der Waals surface area (Å²) in [6.45, 7) is 0. The van der Waals surface area contributed by atoms with Crippen molar-refractivity contribution >= 4 is 43.9 Å². The lowest BCUT2D eigenvalue weighted by atomic mass is 9.95. The number of furan rings is 2. The monoisotopic (exact) mass is 567 g/mol. The van der Waals surface area contributed by atoms with Gasteiger partial charge < -0.3 is 8.83 Å². The summed E-state index contributed by atoms with van der Waals surface area (Å²) in [6.07, 6.45) is 0. The predicted molar refractivity (Wildman–Crippen MR) is 176 cm³/mol. The van der Waals surface area contributed by atoms with E-state index in [1.54, 1.807) is 12.1 Å². The van der Waals surface area contributed by atoms with Crippen LogP contribution in [0, 0.1) is 0 Å². The number of nitrogens with zero attached hydrogens (tertiary/aromatic N) is 3. The van der Waals surface area contributed by atoms with Gasteiger partial charge in [-0.2, -0.15) is 0 Å². The zero-order valence-electron chi connectivity index (χ0n) is 25.3. The van der Waals surface area contributed by atoms with Gasteiger partial charge in [-0.3, -0.25) is 0 Å². The van der Waals surface area contributed by atoms with E-state index in [9.17, 15) is 0 Å². The summed E-state index contributed by atoms with van der Waals surface area (Å²) in [7, 11) is 0. The highest BCUT2D eigenvalue weighted by Crippen LogP contribution is 2.40. The molecule has 0 saturated carbocycles. The van der Waals surface area contributed by atoms with Gasteiger partial charge in [-0.05, 0) is 41.5 Å². The molecule has 5 nitrogen and oxygen atoms in total. The average Bonchev–Trinajstić information content (AvgIpc) is 3.65. The van der Waals surface area contributed by atoms with Gasteiger partial charge in [0.1, 0.15) is 22.3 Å². The Morgan fingerprint density at radius 1 is 0.409 bits per heavy atom. The van der Waals surface area contributed by atoms with Crippen LogP contribution in [0.1, 0.15) is 2.74 Å². The molecule has 0 aliphatic heterocycles. The molecular weight excluding hydrogens is 542 g/mol. The molecule has 0 aliphatic rings. The van der Waals surface area contributed by atoms with Crippen molar-refractivity contribution in [3.63, 3.8) is 0 Å². The molecule has 0 saturated heterocycles. The zero-order chi connectivity index (χ0) is 30.8. The molecule has 0 N–H and O–H groups in total. The molecule has 9 aromatic rings. The van der Waals surface area contributed by atoms with Crippen molar-refractivity contribution in [1.29, 1.82) is 0 Å². The van der Waals surface area contributed by atoms with E-state index in [0.717, 1.165) is 66.1 Å². The first kappa shape index (κ1) is 22.5. The van der Waals surface area contributed by atoms with Gasteiger partial charge in [-0.1, -0.05) is 109 Å². The minimum absolute atomic E-state index is 0.425. The third kappa shape index (κ3) is 3.91. The van der Waals surface area contributed by atoms with E-state index in [1.807, 2.05) is 103 Å². The highest BCUT2D eigenvalue weighted by molar-refractivity contribution is 6.13.